The molecule has 26 heavy (non-hydrogen) atoms. The largest absolute Gasteiger partial charge is 0.497 e. The van der Waals surface area contributed by atoms with Crippen LogP contribution in [0.3, 0.4) is 0 Å². The summed E-state index contributed by atoms with van der Waals surface area (Å²) in [4.78, 5) is 23.1. The van der Waals surface area contributed by atoms with E-state index in [1.807, 2.05) is 0 Å². The van der Waals surface area contributed by atoms with E-state index in [1.54, 1.807) is 45.0 Å². The van der Waals surface area contributed by atoms with Gasteiger partial charge in [0.2, 0.25) is 11.7 Å². The highest BCUT2D eigenvalue weighted by molar-refractivity contribution is 7.80. The maximum atomic E-state index is 12.1. The number of anilines is 1. The maximum Gasteiger partial charge on any atom is 0.371 e. The maximum absolute atomic E-state index is 12.1. The molecule has 1 amide bonds. The second-order valence-corrected chi connectivity index (χ2v) is 6.95. The Morgan fingerprint density at radius 1 is 1.19 bits per heavy atom. The zero-order chi connectivity index (χ0) is 19.5. The number of benzene rings is 1. The molecule has 8 heteroatoms. The van der Waals surface area contributed by atoms with Crippen LogP contribution in [-0.2, 0) is 4.79 Å². The summed E-state index contributed by atoms with van der Waals surface area (Å²) in [6, 6.07) is 8.01. The monoisotopic (exact) mass is 376 g/mol. The van der Waals surface area contributed by atoms with Gasteiger partial charge in [0.25, 0.3) is 0 Å². The van der Waals surface area contributed by atoms with E-state index in [4.69, 9.17) is 26.5 Å². The van der Waals surface area contributed by atoms with Gasteiger partial charge in [-0.2, -0.15) is 0 Å². The zero-order valence-corrected chi connectivity index (χ0v) is 15.7. The van der Waals surface area contributed by atoms with Gasteiger partial charge in [-0.15, -0.1) is 0 Å². The van der Waals surface area contributed by atoms with Gasteiger partial charge in [-0.05, 0) is 36.5 Å². The number of methoxy groups -OCH3 is 1. The van der Waals surface area contributed by atoms with Crippen LogP contribution in [0.15, 0.2) is 34.7 Å². The van der Waals surface area contributed by atoms with Crippen molar-refractivity contribution in [3.63, 3.8) is 0 Å². The van der Waals surface area contributed by atoms with Crippen LogP contribution in [0, 0.1) is 5.41 Å². The Kier molecular flexibility index (Phi) is 5.66. The standard InChI is InChI=1S/C18H20N2O5S/c1-18(2,3)16(23)20-17(26)19-12-9-10(24-4)5-6-11(12)13-7-8-14(25-13)15(21)22/h5-9H,1-4H3,(H,21,22)(H2,19,20,23,26). The Balaban J connectivity index is 2.32. The molecular weight excluding hydrogens is 356 g/mol. The molecule has 0 bridgehead atoms. The number of ether oxygens (including phenoxy) is 1. The summed E-state index contributed by atoms with van der Waals surface area (Å²) < 4.78 is 10.6. The van der Waals surface area contributed by atoms with E-state index in [0.29, 0.717) is 22.8 Å². The number of carboxylic acids is 1. The molecule has 0 aliphatic rings. The van der Waals surface area contributed by atoms with E-state index in [9.17, 15) is 9.59 Å². The fourth-order valence-corrected chi connectivity index (χ4v) is 2.21. The molecule has 2 aromatic rings. The number of carboxylic acid groups (broad SMARTS) is 1. The molecule has 0 aliphatic heterocycles. The van der Waals surface area contributed by atoms with Crippen LogP contribution in [-0.4, -0.2) is 29.2 Å². The summed E-state index contributed by atoms with van der Waals surface area (Å²) in [6.45, 7) is 5.33. The lowest BCUT2D eigenvalue weighted by molar-refractivity contribution is -0.126. The first-order chi connectivity index (χ1) is 12.1. The predicted octanol–water partition coefficient (Wildman–Crippen LogP) is 3.51. The first-order valence-corrected chi connectivity index (χ1v) is 8.16. The zero-order valence-electron chi connectivity index (χ0n) is 14.9. The third-order valence-corrected chi connectivity index (χ3v) is 3.67. The van der Waals surface area contributed by atoms with E-state index < -0.39 is 11.4 Å². The van der Waals surface area contributed by atoms with Crippen molar-refractivity contribution in [1.29, 1.82) is 0 Å². The fourth-order valence-electron chi connectivity index (χ4n) is 2.01. The second kappa shape index (κ2) is 7.57. The molecule has 0 unspecified atom stereocenters. The molecule has 0 spiro atoms. The number of aromatic carboxylic acids is 1. The van der Waals surface area contributed by atoms with E-state index in [1.165, 1.54) is 13.2 Å². The van der Waals surface area contributed by atoms with Crippen molar-refractivity contribution >= 4 is 34.9 Å². The van der Waals surface area contributed by atoms with E-state index in [-0.39, 0.29) is 16.8 Å². The van der Waals surface area contributed by atoms with Crippen LogP contribution in [0.2, 0.25) is 0 Å². The highest BCUT2D eigenvalue weighted by Crippen LogP contribution is 2.33. The Morgan fingerprint density at radius 2 is 1.88 bits per heavy atom. The first-order valence-electron chi connectivity index (χ1n) is 7.76. The lowest BCUT2D eigenvalue weighted by Gasteiger charge is -2.19. The van der Waals surface area contributed by atoms with E-state index >= 15 is 0 Å². The molecule has 0 saturated carbocycles. The van der Waals surface area contributed by atoms with Gasteiger partial charge < -0.3 is 24.9 Å². The molecule has 2 rings (SSSR count). The lowest BCUT2D eigenvalue weighted by Crippen LogP contribution is -2.41. The lowest BCUT2D eigenvalue weighted by atomic mass is 9.96. The number of hydrogen-bond acceptors (Lipinski definition) is 5. The third kappa shape index (κ3) is 4.60. The molecule has 1 aromatic heterocycles. The van der Waals surface area contributed by atoms with Crippen LogP contribution in [0.5, 0.6) is 5.75 Å². The molecule has 3 N–H and O–H groups in total. The first kappa shape index (κ1) is 19.5. The minimum Gasteiger partial charge on any atom is -0.497 e. The van der Waals surface area contributed by atoms with Crippen molar-refractivity contribution in [3.8, 4) is 17.1 Å². The fraction of sp³-hybridized carbons (Fsp3) is 0.278. The van der Waals surface area contributed by atoms with Crippen LogP contribution < -0.4 is 15.4 Å². The van der Waals surface area contributed by atoms with Crippen molar-refractivity contribution in [1.82, 2.24) is 5.32 Å². The third-order valence-electron chi connectivity index (χ3n) is 3.47. The molecule has 0 fully saturated rings. The number of nitrogens with one attached hydrogen (secondary N) is 2. The average molecular weight is 376 g/mol. The van der Waals surface area contributed by atoms with E-state index in [0.717, 1.165) is 0 Å². The van der Waals surface area contributed by atoms with Crippen molar-refractivity contribution in [2.45, 2.75) is 20.8 Å². The highest BCUT2D eigenvalue weighted by atomic mass is 32.1. The minimum absolute atomic E-state index is 0.115. The summed E-state index contributed by atoms with van der Waals surface area (Å²) in [5, 5.41) is 14.7. The van der Waals surface area contributed by atoms with Gasteiger partial charge in [-0.25, -0.2) is 4.79 Å². The normalized spacial score (nSPS) is 10.9. The topological polar surface area (TPSA) is 101 Å². The highest BCUT2D eigenvalue weighted by Gasteiger charge is 2.22. The van der Waals surface area contributed by atoms with Crippen LogP contribution >= 0.6 is 12.2 Å². The summed E-state index contributed by atoms with van der Waals surface area (Å²) in [6.07, 6.45) is 0. The average Bonchev–Trinajstić information content (AvgIpc) is 3.03. The molecule has 0 radical (unpaired) electrons. The summed E-state index contributed by atoms with van der Waals surface area (Å²) in [5.41, 5.74) is 0.487. The van der Waals surface area contributed by atoms with Crippen LogP contribution in [0.1, 0.15) is 31.3 Å². The summed E-state index contributed by atoms with van der Waals surface area (Å²) in [5.74, 6) is -0.660. The summed E-state index contributed by atoms with van der Waals surface area (Å²) in [7, 11) is 1.52. The molecule has 138 valence electrons. The number of thiocarbonyl (C=S) groups is 1. The van der Waals surface area contributed by atoms with Gasteiger partial charge in [0.05, 0.1) is 12.8 Å². The Hall–Kier alpha value is -2.87. The predicted molar refractivity (Wildman–Crippen MR) is 101 cm³/mol. The van der Waals surface area contributed by atoms with Gasteiger partial charge in [-0.3, -0.25) is 4.79 Å². The molecule has 0 saturated heterocycles. The van der Waals surface area contributed by atoms with Gasteiger partial charge in [0.1, 0.15) is 11.5 Å². The SMILES string of the molecule is COc1ccc(-c2ccc(C(=O)O)o2)c(NC(=S)NC(=O)C(C)(C)C)c1. The van der Waals surface area contributed by atoms with Crippen molar-refractivity contribution in [3.05, 3.63) is 36.1 Å². The van der Waals surface area contributed by atoms with E-state index in [2.05, 4.69) is 10.6 Å². The minimum atomic E-state index is -1.16. The quantitative estimate of drug-likeness (QED) is 0.702. The molecular formula is C18H20N2O5S. The number of amides is 1. The number of carbonyl (C=O) groups is 2. The van der Waals surface area contributed by atoms with Crippen LogP contribution in [0.25, 0.3) is 11.3 Å². The molecule has 1 heterocycles. The summed E-state index contributed by atoms with van der Waals surface area (Å²) >= 11 is 5.21. The molecule has 0 aliphatic carbocycles. The number of rotatable bonds is 4. The van der Waals surface area contributed by atoms with Gasteiger partial charge in [0, 0.05) is 17.0 Å². The van der Waals surface area contributed by atoms with Gasteiger partial charge in [-0.1, -0.05) is 20.8 Å². The Labute approximate surface area is 156 Å². The second-order valence-electron chi connectivity index (χ2n) is 6.54. The number of furan rings is 1. The number of hydrogen-bond donors (Lipinski definition) is 3. The van der Waals surface area contributed by atoms with Gasteiger partial charge in [0.15, 0.2) is 5.11 Å². The van der Waals surface area contributed by atoms with Crippen molar-refractivity contribution in [2.75, 3.05) is 12.4 Å². The van der Waals surface area contributed by atoms with Crippen molar-refractivity contribution < 1.29 is 23.8 Å². The van der Waals surface area contributed by atoms with Gasteiger partial charge >= 0.3 is 5.97 Å². The molecule has 0 atom stereocenters. The smallest absolute Gasteiger partial charge is 0.371 e. The van der Waals surface area contributed by atoms with Crippen molar-refractivity contribution in [2.24, 2.45) is 5.41 Å². The molecule has 1 aromatic carbocycles. The van der Waals surface area contributed by atoms with Crippen LogP contribution in [0.4, 0.5) is 5.69 Å². The Morgan fingerprint density at radius 3 is 2.42 bits per heavy atom. The number of carbonyl (C=O) groups excluding carboxylic acids is 1. The Bertz CT molecular complexity index is 852. The molecule has 7 nitrogen and oxygen atoms in total.